The highest BCUT2D eigenvalue weighted by Crippen LogP contribution is 2.42. The first kappa shape index (κ1) is 27.6. The van der Waals surface area contributed by atoms with E-state index in [0.717, 1.165) is 27.9 Å². The molecule has 3 aromatic rings. The lowest BCUT2D eigenvalue weighted by atomic mass is 9.92. The van der Waals surface area contributed by atoms with Crippen LogP contribution in [0, 0.1) is 0 Å². The summed E-state index contributed by atoms with van der Waals surface area (Å²) in [6.45, 7) is 2.77. The minimum Gasteiger partial charge on any atom is -0.467 e. The average Bonchev–Trinajstić information content (AvgIpc) is 3.25. The van der Waals surface area contributed by atoms with Crippen molar-refractivity contribution in [3.63, 3.8) is 0 Å². The number of carbonyl (C=O) groups is 2. The standard InChI is InChI=1S/C30H33ClN2O5/c1-20(32-18-27(34)23-10-7-11-25(31)16-23)14-22-12-13-26-24(15-22)17-30(28(35)37-2,29(36)38-3)33(26)19-21-8-5-4-6-9-21/h4-13,15-16,20,27,32,34H,14,17-19H2,1-3H3/t20-,27?/m1/s1. The molecule has 1 unspecified atom stereocenters. The molecule has 8 heteroatoms. The molecule has 0 saturated heterocycles. The molecule has 0 amide bonds. The fraction of sp³-hybridized carbons (Fsp3) is 0.333. The fourth-order valence-electron chi connectivity index (χ4n) is 5.09. The third-order valence-corrected chi connectivity index (χ3v) is 7.24. The van der Waals surface area contributed by atoms with Gasteiger partial charge in [-0.25, -0.2) is 9.59 Å². The largest absolute Gasteiger partial charge is 0.467 e. The highest BCUT2D eigenvalue weighted by Gasteiger charge is 2.58. The lowest BCUT2D eigenvalue weighted by Gasteiger charge is -2.35. The van der Waals surface area contributed by atoms with Crippen LogP contribution >= 0.6 is 11.6 Å². The number of benzene rings is 3. The first-order valence-corrected chi connectivity index (χ1v) is 12.9. The summed E-state index contributed by atoms with van der Waals surface area (Å²) in [5.41, 5.74) is 2.83. The van der Waals surface area contributed by atoms with Crippen LogP contribution in [0.25, 0.3) is 0 Å². The van der Waals surface area contributed by atoms with Gasteiger partial charge in [0.25, 0.3) is 0 Å². The van der Waals surface area contributed by atoms with E-state index in [1.54, 1.807) is 17.0 Å². The van der Waals surface area contributed by atoms with Gasteiger partial charge in [-0.05, 0) is 53.8 Å². The number of aliphatic hydroxyl groups excluding tert-OH is 1. The van der Waals surface area contributed by atoms with Gasteiger partial charge in [-0.1, -0.05) is 66.2 Å². The SMILES string of the molecule is COC(=O)C1(C(=O)OC)Cc2cc(C[C@@H](C)NCC(O)c3cccc(Cl)c3)ccc2N1Cc1ccccc1. The summed E-state index contributed by atoms with van der Waals surface area (Å²) >= 11 is 6.05. The van der Waals surface area contributed by atoms with Gasteiger partial charge < -0.3 is 24.8 Å². The summed E-state index contributed by atoms with van der Waals surface area (Å²) in [6.07, 6.45) is 0.165. The number of nitrogens with one attached hydrogen (secondary N) is 1. The number of methoxy groups -OCH3 is 2. The number of nitrogens with zero attached hydrogens (tertiary/aromatic N) is 1. The average molecular weight is 537 g/mol. The second kappa shape index (κ2) is 12.0. The number of esters is 2. The van der Waals surface area contributed by atoms with Crippen LogP contribution < -0.4 is 10.2 Å². The lowest BCUT2D eigenvalue weighted by Crippen LogP contribution is -2.59. The zero-order valence-electron chi connectivity index (χ0n) is 21.8. The summed E-state index contributed by atoms with van der Waals surface area (Å²) in [5, 5.41) is 14.5. The van der Waals surface area contributed by atoms with Gasteiger partial charge in [0.2, 0.25) is 5.54 Å². The van der Waals surface area contributed by atoms with E-state index in [1.165, 1.54) is 14.2 Å². The predicted octanol–water partition coefficient (Wildman–Crippen LogP) is 4.24. The second-order valence-corrected chi connectivity index (χ2v) is 10.1. The summed E-state index contributed by atoms with van der Waals surface area (Å²) in [4.78, 5) is 28.1. The maximum atomic E-state index is 13.1. The molecule has 7 nitrogen and oxygen atoms in total. The molecule has 4 rings (SSSR count). The third kappa shape index (κ3) is 5.70. The van der Waals surface area contributed by atoms with Gasteiger partial charge in [-0.2, -0.15) is 0 Å². The molecule has 0 saturated carbocycles. The van der Waals surface area contributed by atoms with Crippen LogP contribution in [0.4, 0.5) is 5.69 Å². The molecule has 38 heavy (non-hydrogen) atoms. The number of halogens is 1. The van der Waals surface area contributed by atoms with Crippen molar-refractivity contribution in [2.75, 3.05) is 25.7 Å². The molecular formula is C30H33ClN2O5. The molecule has 2 N–H and O–H groups in total. The first-order chi connectivity index (χ1) is 18.3. The minimum absolute atomic E-state index is 0.0645. The summed E-state index contributed by atoms with van der Waals surface area (Å²) < 4.78 is 10.3. The molecule has 1 aliphatic rings. The smallest absolute Gasteiger partial charge is 0.343 e. The van der Waals surface area contributed by atoms with Gasteiger partial charge >= 0.3 is 11.9 Å². The van der Waals surface area contributed by atoms with E-state index in [1.807, 2.05) is 67.6 Å². The molecule has 3 aromatic carbocycles. The Hall–Kier alpha value is -3.39. The molecule has 1 heterocycles. The number of rotatable bonds is 10. The zero-order valence-corrected chi connectivity index (χ0v) is 22.6. The van der Waals surface area contributed by atoms with Crippen molar-refractivity contribution in [1.82, 2.24) is 5.32 Å². The van der Waals surface area contributed by atoms with Crippen LogP contribution in [-0.4, -0.2) is 49.4 Å². The Labute approximate surface area is 228 Å². The number of hydrogen-bond acceptors (Lipinski definition) is 7. The number of carbonyl (C=O) groups excluding carboxylic acids is 2. The summed E-state index contributed by atoms with van der Waals surface area (Å²) in [6, 6.07) is 22.9. The Balaban J connectivity index is 1.54. The Morgan fingerprint density at radius 2 is 1.71 bits per heavy atom. The van der Waals surface area contributed by atoms with Gasteiger partial charge in [0.1, 0.15) is 0 Å². The van der Waals surface area contributed by atoms with Crippen molar-refractivity contribution >= 4 is 29.2 Å². The van der Waals surface area contributed by atoms with Crippen molar-refractivity contribution in [2.45, 2.75) is 44.0 Å². The van der Waals surface area contributed by atoms with Crippen molar-refractivity contribution < 1.29 is 24.2 Å². The molecule has 0 aliphatic carbocycles. The van der Waals surface area contributed by atoms with Crippen LogP contribution in [-0.2, 0) is 38.4 Å². The van der Waals surface area contributed by atoms with Crippen molar-refractivity contribution in [3.8, 4) is 0 Å². The molecule has 1 aliphatic heterocycles. The van der Waals surface area contributed by atoms with Gasteiger partial charge in [0.15, 0.2) is 0 Å². The minimum atomic E-state index is -1.61. The molecule has 200 valence electrons. The van der Waals surface area contributed by atoms with E-state index >= 15 is 0 Å². The summed E-state index contributed by atoms with van der Waals surface area (Å²) in [5.74, 6) is -1.30. The van der Waals surface area contributed by atoms with E-state index < -0.39 is 23.6 Å². The Bertz CT molecular complexity index is 1270. The predicted molar refractivity (Wildman–Crippen MR) is 147 cm³/mol. The quantitative estimate of drug-likeness (QED) is 0.296. The molecule has 0 fully saturated rings. The number of hydrogen-bond donors (Lipinski definition) is 2. The molecule has 0 spiro atoms. The first-order valence-electron chi connectivity index (χ1n) is 12.6. The van der Waals surface area contributed by atoms with Crippen molar-refractivity contribution in [2.24, 2.45) is 0 Å². The van der Waals surface area contributed by atoms with Crippen LogP contribution in [0.2, 0.25) is 5.02 Å². The van der Waals surface area contributed by atoms with Gasteiger partial charge in [0.05, 0.1) is 20.3 Å². The molecule has 0 aromatic heterocycles. The Morgan fingerprint density at radius 1 is 1.00 bits per heavy atom. The van der Waals surface area contributed by atoms with Crippen molar-refractivity contribution in [3.05, 3.63) is 100 Å². The third-order valence-electron chi connectivity index (χ3n) is 7.01. The van der Waals surface area contributed by atoms with Gasteiger partial charge in [-0.15, -0.1) is 0 Å². The maximum Gasteiger partial charge on any atom is 0.343 e. The van der Waals surface area contributed by atoms with E-state index in [-0.39, 0.29) is 12.5 Å². The van der Waals surface area contributed by atoms with E-state index in [9.17, 15) is 14.7 Å². The highest BCUT2D eigenvalue weighted by atomic mass is 35.5. The fourth-order valence-corrected chi connectivity index (χ4v) is 5.29. The molecule has 0 bridgehead atoms. The van der Waals surface area contributed by atoms with Gasteiger partial charge in [0, 0.05) is 36.3 Å². The van der Waals surface area contributed by atoms with E-state index in [2.05, 4.69) is 5.32 Å². The number of fused-ring (bicyclic) bond motifs is 1. The topological polar surface area (TPSA) is 88.1 Å². The number of ether oxygens (including phenoxy) is 2. The second-order valence-electron chi connectivity index (χ2n) is 9.64. The maximum absolute atomic E-state index is 13.1. The molecule has 0 radical (unpaired) electrons. The van der Waals surface area contributed by atoms with E-state index in [0.29, 0.717) is 24.5 Å². The van der Waals surface area contributed by atoms with Crippen molar-refractivity contribution in [1.29, 1.82) is 0 Å². The zero-order chi connectivity index (χ0) is 27.3. The summed E-state index contributed by atoms with van der Waals surface area (Å²) in [7, 11) is 2.57. The van der Waals surface area contributed by atoms with Crippen LogP contribution in [0.1, 0.15) is 35.3 Å². The normalized spacial score (nSPS) is 15.4. The number of anilines is 1. The van der Waals surface area contributed by atoms with Gasteiger partial charge in [-0.3, -0.25) is 0 Å². The monoisotopic (exact) mass is 536 g/mol. The molecular weight excluding hydrogens is 504 g/mol. The highest BCUT2D eigenvalue weighted by molar-refractivity contribution is 6.30. The lowest BCUT2D eigenvalue weighted by molar-refractivity contribution is -0.161. The van der Waals surface area contributed by atoms with Crippen LogP contribution in [0.3, 0.4) is 0 Å². The van der Waals surface area contributed by atoms with Crippen LogP contribution in [0.5, 0.6) is 0 Å². The van der Waals surface area contributed by atoms with E-state index in [4.69, 9.17) is 21.1 Å². The van der Waals surface area contributed by atoms with Crippen LogP contribution in [0.15, 0.2) is 72.8 Å². The Morgan fingerprint density at radius 3 is 2.37 bits per heavy atom. The Kier molecular flexibility index (Phi) is 8.72. The molecule has 2 atom stereocenters. The number of aliphatic hydroxyl groups is 1.